The molecule has 0 radical (unpaired) electrons. The van der Waals surface area contributed by atoms with E-state index in [4.69, 9.17) is 4.74 Å². The average Bonchev–Trinajstić information content (AvgIpc) is 2.83. The van der Waals surface area contributed by atoms with Gasteiger partial charge in [0.15, 0.2) is 12.4 Å². The third-order valence-electron chi connectivity index (χ3n) is 4.72. The van der Waals surface area contributed by atoms with Gasteiger partial charge in [-0.2, -0.15) is 5.10 Å². The average molecular weight is 329 g/mol. The number of aryl methyl sites for hydroxylation is 2. The van der Waals surface area contributed by atoms with Crippen LogP contribution in [-0.2, 0) is 11.8 Å². The molecule has 7 heteroatoms. The Morgan fingerprint density at radius 1 is 1.32 bits per heavy atom. The second-order valence-corrected chi connectivity index (χ2v) is 6.09. The molecule has 2 saturated heterocycles. The quantitative estimate of drug-likeness (QED) is 0.905. The first-order valence-electron chi connectivity index (χ1n) is 7.73. The summed E-state index contributed by atoms with van der Waals surface area (Å²) in [7, 11) is 1.89. The fraction of sp³-hybridized carbons (Fsp3) is 0.733. The number of aromatic nitrogens is 2. The van der Waals surface area contributed by atoms with Crippen LogP contribution >= 0.6 is 12.4 Å². The number of halogens is 1. The Bertz CT molecular complexity index is 532. The van der Waals surface area contributed by atoms with E-state index in [9.17, 15) is 4.79 Å². The normalized spacial score (nSPS) is 23.9. The molecule has 2 aliphatic heterocycles. The van der Waals surface area contributed by atoms with Gasteiger partial charge in [0, 0.05) is 25.7 Å². The summed E-state index contributed by atoms with van der Waals surface area (Å²) < 4.78 is 7.56. The zero-order valence-electron chi connectivity index (χ0n) is 13.5. The van der Waals surface area contributed by atoms with Gasteiger partial charge in [0.1, 0.15) is 5.69 Å². The Labute approximate surface area is 137 Å². The molecule has 0 spiro atoms. The highest BCUT2D eigenvalue weighted by Crippen LogP contribution is 2.28. The van der Waals surface area contributed by atoms with Crippen LogP contribution in [0, 0.1) is 13.8 Å². The topological polar surface area (TPSA) is 59.4 Å². The highest BCUT2D eigenvalue weighted by Gasteiger charge is 2.38. The van der Waals surface area contributed by atoms with Crippen molar-refractivity contribution < 1.29 is 9.53 Å². The van der Waals surface area contributed by atoms with Crippen LogP contribution in [0.2, 0.25) is 0 Å². The van der Waals surface area contributed by atoms with Crippen molar-refractivity contribution in [2.45, 2.75) is 45.2 Å². The van der Waals surface area contributed by atoms with Crippen molar-refractivity contribution in [3.8, 4) is 5.75 Å². The first-order valence-corrected chi connectivity index (χ1v) is 7.73. The van der Waals surface area contributed by atoms with E-state index in [1.54, 1.807) is 4.68 Å². The van der Waals surface area contributed by atoms with Crippen molar-refractivity contribution in [1.29, 1.82) is 0 Å². The molecule has 0 aliphatic carbocycles. The highest BCUT2D eigenvalue weighted by molar-refractivity contribution is 5.85. The van der Waals surface area contributed by atoms with E-state index in [0.29, 0.717) is 12.1 Å². The van der Waals surface area contributed by atoms with Crippen LogP contribution < -0.4 is 10.1 Å². The predicted molar refractivity (Wildman–Crippen MR) is 86.6 cm³/mol. The second-order valence-electron chi connectivity index (χ2n) is 6.09. The maximum atomic E-state index is 12.6. The van der Waals surface area contributed by atoms with Gasteiger partial charge in [0.05, 0.1) is 5.69 Å². The standard InChI is InChI=1S/C15H24N4O2.ClH/c1-10-15(11(2)18(3)17-10)21-9-14(20)19-12-4-5-13(19)8-16-7-6-12;/h12-13,16H,4-9H2,1-3H3;1H. The Morgan fingerprint density at radius 2 is 2.05 bits per heavy atom. The van der Waals surface area contributed by atoms with Crippen LogP contribution in [0.3, 0.4) is 0 Å². The molecular weight excluding hydrogens is 304 g/mol. The monoisotopic (exact) mass is 328 g/mol. The molecule has 2 unspecified atom stereocenters. The van der Waals surface area contributed by atoms with Crippen molar-refractivity contribution in [1.82, 2.24) is 20.0 Å². The molecule has 124 valence electrons. The van der Waals surface area contributed by atoms with Crippen LogP contribution in [0.25, 0.3) is 0 Å². The minimum absolute atomic E-state index is 0. The molecule has 1 amide bonds. The Kier molecular flexibility index (Phi) is 5.34. The summed E-state index contributed by atoms with van der Waals surface area (Å²) in [4.78, 5) is 14.6. The highest BCUT2D eigenvalue weighted by atomic mass is 35.5. The molecule has 2 atom stereocenters. The summed E-state index contributed by atoms with van der Waals surface area (Å²) in [5, 5.41) is 7.73. The van der Waals surface area contributed by atoms with Gasteiger partial charge in [-0.25, -0.2) is 0 Å². The first kappa shape index (κ1) is 17.1. The third kappa shape index (κ3) is 3.08. The summed E-state index contributed by atoms with van der Waals surface area (Å²) in [5.41, 5.74) is 1.80. The number of fused-ring (bicyclic) bond motifs is 2. The molecule has 22 heavy (non-hydrogen) atoms. The number of hydrogen-bond donors (Lipinski definition) is 1. The minimum Gasteiger partial charge on any atom is -0.480 e. The minimum atomic E-state index is 0. The Morgan fingerprint density at radius 3 is 2.73 bits per heavy atom. The largest absolute Gasteiger partial charge is 0.480 e. The number of carbonyl (C=O) groups is 1. The van der Waals surface area contributed by atoms with E-state index in [-0.39, 0.29) is 24.9 Å². The van der Waals surface area contributed by atoms with Crippen LogP contribution in [0.5, 0.6) is 5.75 Å². The molecule has 2 aliphatic rings. The number of nitrogens with zero attached hydrogens (tertiary/aromatic N) is 3. The predicted octanol–water partition coefficient (Wildman–Crippen LogP) is 1.19. The van der Waals surface area contributed by atoms with Crippen LogP contribution in [0.15, 0.2) is 0 Å². The fourth-order valence-corrected chi connectivity index (χ4v) is 3.56. The van der Waals surface area contributed by atoms with Crippen molar-refractivity contribution in [3.05, 3.63) is 11.4 Å². The van der Waals surface area contributed by atoms with E-state index in [2.05, 4.69) is 15.3 Å². The van der Waals surface area contributed by atoms with Gasteiger partial charge in [0.2, 0.25) is 0 Å². The zero-order chi connectivity index (χ0) is 15.0. The smallest absolute Gasteiger partial charge is 0.261 e. The lowest BCUT2D eigenvalue weighted by molar-refractivity contribution is -0.136. The summed E-state index contributed by atoms with van der Waals surface area (Å²) in [6, 6.07) is 0.724. The lowest BCUT2D eigenvalue weighted by atomic mass is 10.1. The van der Waals surface area contributed by atoms with E-state index >= 15 is 0 Å². The number of hydrogen-bond acceptors (Lipinski definition) is 4. The molecule has 2 fully saturated rings. The SMILES string of the molecule is Cc1nn(C)c(C)c1OCC(=O)N1C2CCNCC1CC2.Cl. The van der Waals surface area contributed by atoms with Crippen molar-refractivity contribution >= 4 is 18.3 Å². The molecule has 0 saturated carbocycles. The van der Waals surface area contributed by atoms with E-state index in [1.807, 2.05) is 20.9 Å². The summed E-state index contributed by atoms with van der Waals surface area (Å²) in [6.07, 6.45) is 3.28. The van der Waals surface area contributed by atoms with E-state index in [1.165, 1.54) is 0 Å². The van der Waals surface area contributed by atoms with Gasteiger partial charge >= 0.3 is 0 Å². The molecule has 3 rings (SSSR count). The molecular formula is C15H25ClN4O2. The number of carbonyl (C=O) groups excluding carboxylic acids is 1. The summed E-state index contributed by atoms with van der Waals surface area (Å²) >= 11 is 0. The Hall–Kier alpha value is -1.27. The van der Waals surface area contributed by atoms with Crippen LogP contribution in [0.4, 0.5) is 0 Å². The molecule has 1 aromatic rings. The maximum absolute atomic E-state index is 12.6. The van der Waals surface area contributed by atoms with Crippen molar-refractivity contribution in [2.75, 3.05) is 19.7 Å². The molecule has 1 N–H and O–H groups in total. The van der Waals surface area contributed by atoms with Crippen molar-refractivity contribution in [2.24, 2.45) is 7.05 Å². The van der Waals surface area contributed by atoms with E-state index in [0.717, 1.165) is 49.5 Å². The second kappa shape index (κ2) is 6.87. The van der Waals surface area contributed by atoms with Gasteiger partial charge in [-0.1, -0.05) is 0 Å². The summed E-state index contributed by atoms with van der Waals surface area (Å²) in [5.74, 6) is 0.847. The van der Waals surface area contributed by atoms with Gasteiger partial charge in [0.25, 0.3) is 5.91 Å². The first-order chi connectivity index (χ1) is 10.1. The van der Waals surface area contributed by atoms with Crippen LogP contribution in [-0.4, -0.2) is 52.4 Å². The number of nitrogens with one attached hydrogen (secondary N) is 1. The zero-order valence-corrected chi connectivity index (χ0v) is 14.3. The summed E-state index contributed by atoms with van der Waals surface area (Å²) in [6.45, 7) is 5.89. The van der Waals surface area contributed by atoms with Gasteiger partial charge in [-0.15, -0.1) is 12.4 Å². The van der Waals surface area contributed by atoms with Crippen molar-refractivity contribution in [3.63, 3.8) is 0 Å². The lowest BCUT2D eigenvalue weighted by Crippen LogP contribution is -2.44. The van der Waals surface area contributed by atoms with Crippen LogP contribution in [0.1, 0.15) is 30.7 Å². The van der Waals surface area contributed by atoms with Gasteiger partial charge < -0.3 is 15.0 Å². The number of ether oxygens (including phenoxy) is 1. The maximum Gasteiger partial charge on any atom is 0.261 e. The molecule has 1 aromatic heterocycles. The van der Waals surface area contributed by atoms with Gasteiger partial charge in [-0.3, -0.25) is 9.48 Å². The molecule has 2 bridgehead atoms. The molecule has 0 aromatic carbocycles. The van der Waals surface area contributed by atoms with E-state index < -0.39 is 0 Å². The van der Waals surface area contributed by atoms with Gasteiger partial charge in [-0.05, 0) is 39.7 Å². The lowest BCUT2D eigenvalue weighted by Gasteiger charge is -2.27. The Balaban J connectivity index is 0.00000176. The molecule has 3 heterocycles. The number of rotatable bonds is 3. The third-order valence-corrected chi connectivity index (χ3v) is 4.72. The fourth-order valence-electron chi connectivity index (χ4n) is 3.56. The molecule has 6 nitrogen and oxygen atoms in total. The number of amides is 1.